The second-order valence-corrected chi connectivity index (χ2v) is 2.86. The molecular formula is C10H7F2NO3. The van der Waals surface area contributed by atoms with Crippen molar-refractivity contribution < 1.29 is 23.4 Å². The molecule has 1 rings (SSSR count). The highest BCUT2D eigenvalue weighted by Gasteiger charge is 2.20. The number of ether oxygens (including phenoxy) is 1. The first-order valence-electron chi connectivity index (χ1n) is 4.14. The molecule has 1 N–H and O–H groups in total. The molecule has 0 aliphatic heterocycles. The van der Waals surface area contributed by atoms with Gasteiger partial charge in [0.05, 0.1) is 23.8 Å². The smallest absolute Gasteiger partial charge is 0.337 e. The quantitative estimate of drug-likeness (QED) is 0.859. The van der Waals surface area contributed by atoms with Gasteiger partial charge < -0.3 is 9.84 Å². The van der Waals surface area contributed by atoms with Gasteiger partial charge in [-0.2, -0.15) is 5.26 Å². The van der Waals surface area contributed by atoms with Gasteiger partial charge >= 0.3 is 5.97 Å². The number of alkyl halides is 2. The predicted octanol–water partition coefficient (Wildman–Crippen LogP) is 2.20. The monoisotopic (exact) mass is 227 g/mol. The number of carboxylic acid groups (broad SMARTS) is 1. The van der Waals surface area contributed by atoms with E-state index < -0.39 is 18.0 Å². The fourth-order valence-corrected chi connectivity index (χ4v) is 1.21. The fraction of sp³-hybridized carbons (Fsp3) is 0.200. The van der Waals surface area contributed by atoms with Crippen LogP contribution in [0.4, 0.5) is 8.78 Å². The van der Waals surface area contributed by atoms with Crippen LogP contribution in [0.5, 0.6) is 5.75 Å². The summed E-state index contributed by atoms with van der Waals surface area (Å²) in [6, 6.07) is 3.30. The summed E-state index contributed by atoms with van der Waals surface area (Å²) < 4.78 is 29.7. The number of nitrogens with zero attached hydrogens (tertiary/aromatic N) is 1. The Morgan fingerprint density at radius 2 is 2.19 bits per heavy atom. The van der Waals surface area contributed by atoms with Gasteiger partial charge in [-0.05, 0) is 12.1 Å². The van der Waals surface area contributed by atoms with Gasteiger partial charge in [0.25, 0.3) is 6.43 Å². The highest BCUT2D eigenvalue weighted by Crippen LogP contribution is 2.31. The highest BCUT2D eigenvalue weighted by atomic mass is 19.3. The summed E-state index contributed by atoms with van der Waals surface area (Å²) in [4.78, 5) is 10.7. The summed E-state index contributed by atoms with van der Waals surface area (Å²) >= 11 is 0. The summed E-state index contributed by atoms with van der Waals surface area (Å²) in [7, 11) is 1.15. The molecule has 0 unspecified atom stereocenters. The molecule has 0 spiro atoms. The normalized spacial score (nSPS) is 9.94. The Kier molecular flexibility index (Phi) is 3.40. The molecule has 0 heterocycles. The molecule has 84 valence electrons. The van der Waals surface area contributed by atoms with E-state index in [1.807, 2.05) is 0 Å². The van der Waals surface area contributed by atoms with Crippen LogP contribution in [0.1, 0.15) is 27.9 Å². The van der Waals surface area contributed by atoms with Crippen molar-refractivity contribution >= 4 is 5.97 Å². The SMILES string of the molecule is COc1cc(C(=O)O)c(C#N)cc1C(F)F. The minimum absolute atomic E-state index is 0.244. The molecule has 16 heavy (non-hydrogen) atoms. The molecule has 0 fully saturated rings. The van der Waals surface area contributed by atoms with E-state index in [-0.39, 0.29) is 16.9 Å². The lowest BCUT2D eigenvalue weighted by atomic mass is 10.0. The zero-order valence-corrected chi connectivity index (χ0v) is 8.20. The van der Waals surface area contributed by atoms with Crippen molar-refractivity contribution in [3.05, 3.63) is 28.8 Å². The minimum Gasteiger partial charge on any atom is -0.496 e. The second kappa shape index (κ2) is 4.57. The van der Waals surface area contributed by atoms with Crippen molar-refractivity contribution in [2.75, 3.05) is 7.11 Å². The van der Waals surface area contributed by atoms with Crippen LogP contribution in [-0.2, 0) is 0 Å². The molecule has 4 nitrogen and oxygen atoms in total. The number of carboxylic acids is 1. The van der Waals surface area contributed by atoms with Crippen molar-refractivity contribution in [2.24, 2.45) is 0 Å². The Labute approximate surface area is 89.7 Å². The largest absolute Gasteiger partial charge is 0.496 e. The summed E-state index contributed by atoms with van der Waals surface area (Å²) in [5.41, 5.74) is -1.17. The van der Waals surface area contributed by atoms with Crippen molar-refractivity contribution in [3.8, 4) is 11.8 Å². The van der Waals surface area contributed by atoms with Crippen molar-refractivity contribution in [1.82, 2.24) is 0 Å². The maximum Gasteiger partial charge on any atom is 0.337 e. The average molecular weight is 227 g/mol. The Hall–Kier alpha value is -2.16. The third-order valence-electron chi connectivity index (χ3n) is 1.96. The second-order valence-electron chi connectivity index (χ2n) is 2.86. The van der Waals surface area contributed by atoms with Gasteiger partial charge in [-0.25, -0.2) is 13.6 Å². The summed E-state index contributed by atoms with van der Waals surface area (Å²) in [6.07, 6.45) is -2.83. The predicted molar refractivity (Wildman–Crippen MR) is 49.6 cm³/mol. The first-order valence-corrected chi connectivity index (χ1v) is 4.14. The maximum absolute atomic E-state index is 12.5. The van der Waals surface area contributed by atoms with Crippen LogP contribution in [0.15, 0.2) is 12.1 Å². The highest BCUT2D eigenvalue weighted by molar-refractivity contribution is 5.91. The molecule has 0 aromatic heterocycles. The van der Waals surface area contributed by atoms with Gasteiger partial charge in [0, 0.05) is 0 Å². The number of carbonyl (C=O) groups is 1. The van der Waals surface area contributed by atoms with Gasteiger partial charge in [-0.15, -0.1) is 0 Å². The standard InChI is InChI=1S/C10H7F2NO3/c1-16-8-3-6(10(14)15)5(4-13)2-7(8)9(11)12/h2-3,9H,1H3,(H,14,15). The van der Waals surface area contributed by atoms with E-state index in [1.165, 1.54) is 0 Å². The third-order valence-corrected chi connectivity index (χ3v) is 1.96. The molecular weight excluding hydrogens is 220 g/mol. The number of nitriles is 1. The van der Waals surface area contributed by atoms with Crippen LogP contribution in [0.25, 0.3) is 0 Å². The minimum atomic E-state index is -2.83. The number of hydrogen-bond donors (Lipinski definition) is 1. The van der Waals surface area contributed by atoms with Crippen molar-refractivity contribution in [1.29, 1.82) is 5.26 Å². The van der Waals surface area contributed by atoms with Crippen LogP contribution in [-0.4, -0.2) is 18.2 Å². The van der Waals surface area contributed by atoms with E-state index >= 15 is 0 Å². The molecule has 0 aliphatic carbocycles. The molecule has 1 aromatic rings. The molecule has 0 radical (unpaired) electrons. The molecule has 0 saturated carbocycles. The lowest BCUT2D eigenvalue weighted by molar-refractivity contribution is 0.0695. The van der Waals surface area contributed by atoms with Gasteiger partial charge in [0.1, 0.15) is 11.8 Å². The maximum atomic E-state index is 12.5. The zero-order chi connectivity index (χ0) is 12.3. The number of methoxy groups -OCH3 is 1. The number of hydrogen-bond acceptors (Lipinski definition) is 3. The number of benzene rings is 1. The molecule has 0 aliphatic rings. The molecule has 0 saturated heterocycles. The fourth-order valence-electron chi connectivity index (χ4n) is 1.21. The lowest BCUT2D eigenvalue weighted by Gasteiger charge is -2.09. The van der Waals surface area contributed by atoms with E-state index in [0.717, 1.165) is 19.2 Å². The first-order chi connectivity index (χ1) is 7.51. The van der Waals surface area contributed by atoms with Gasteiger partial charge in [-0.1, -0.05) is 0 Å². The van der Waals surface area contributed by atoms with E-state index in [2.05, 4.69) is 4.74 Å². The average Bonchev–Trinajstić information content (AvgIpc) is 2.26. The molecule has 0 amide bonds. The Balaban J connectivity index is 3.48. The van der Waals surface area contributed by atoms with Crippen LogP contribution < -0.4 is 4.74 Å². The number of aromatic carboxylic acids is 1. The Bertz CT molecular complexity index is 466. The van der Waals surface area contributed by atoms with Gasteiger partial charge in [-0.3, -0.25) is 0 Å². The lowest BCUT2D eigenvalue weighted by Crippen LogP contribution is -2.03. The molecule has 1 aromatic carbocycles. The first kappa shape index (κ1) is 11.9. The Morgan fingerprint density at radius 1 is 1.56 bits per heavy atom. The van der Waals surface area contributed by atoms with E-state index in [9.17, 15) is 13.6 Å². The zero-order valence-electron chi connectivity index (χ0n) is 8.20. The topological polar surface area (TPSA) is 70.3 Å². The van der Waals surface area contributed by atoms with Crippen LogP contribution in [0.3, 0.4) is 0 Å². The van der Waals surface area contributed by atoms with Crippen LogP contribution >= 0.6 is 0 Å². The van der Waals surface area contributed by atoms with E-state index in [0.29, 0.717) is 0 Å². The summed E-state index contributed by atoms with van der Waals surface area (Å²) in [5, 5.41) is 17.4. The van der Waals surface area contributed by atoms with Crippen LogP contribution in [0, 0.1) is 11.3 Å². The van der Waals surface area contributed by atoms with Crippen LogP contribution in [0.2, 0.25) is 0 Å². The molecule has 6 heteroatoms. The number of halogens is 2. The van der Waals surface area contributed by atoms with E-state index in [4.69, 9.17) is 10.4 Å². The third kappa shape index (κ3) is 2.08. The van der Waals surface area contributed by atoms with E-state index in [1.54, 1.807) is 6.07 Å². The van der Waals surface area contributed by atoms with Crippen molar-refractivity contribution in [2.45, 2.75) is 6.43 Å². The van der Waals surface area contributed by atoms with Gasteiger partial charge in [0.2, 0.25) is 0 Å². The summed E-state index contributed by atoms with van der Waals surface area (Å²) in [6.45, 7) is 0. The molecule has 0 atom stereocenters. The van der Waals surface area contributed by atoms with Crippen molar-refractivity contribution in [3.63, 3.8) is 0 Å². The van der Waals surface area contributed by atoms with Gasteiger partial charge in [0.15, 0.2) is 0 Å². The Morgan fingerprint density at radius 3 is 2.56 bits per heavy atom. The number of rotatable bonds is 3. The summed E-state index contributed by atoms with van der Waals surface area (Å²) in [5.74, 6) is -1.61. The molecule has 0 bridgehead atoms.